The number of likely N-dealkylation sites (N-methyl/N-ethyl adjacent to an activating group) is 1. The van der Waals surface area contributed by atoms with E-state index >= 15 is 0 Å². The van der Waals surface area contributed by atoms with Gasteiger partial charge in [0.1, 0.15) is 11.6 Å². The van der Waals surface area contributed by atoms with Gasteiger partial charge in [-0.05, 0) is 23.3 Å². The van der Waals surface area contributed by atoms with Gasteiger partial charge in [0.2, 0.25) is 0 Å². The first-order valence-corrected chi connectivity index (χ1v) is 8.39. The van der Waals surface area contributed by atoms with Crippen LogP contribution in [0.2, 0.25) is 0 Å². The summed E-state index contributed by atoms with van der Waals surface area (Å²) in [6.45, 7) is -0.157. The van der Waals surface area contributed by atoms with Gasteiger partial charge in [0, 0.05) is 13.1 Å². The molecule has 0 N–H and O–H groups in total. The molecule has 0 spiro atoms. The molecule has 0 fully saturated rings. The summed E-state index contributed by atoms with van der Waals surface area (Å²) in [5, 5.41) is 0. The first kappa shape index (κ1) is 17.7. The number of amides is 1. The number of carbonyl (C=O) groups excluding carboxylic acids is 1. The molecule has 0 heterocycles. The smallest absolute Gasteiger partial charge is 0.261 e. The Labute approximate surface area is 152 Å². The largest absolute Gasteiger partial charge is 0.484 e. The van der Waals surface area contributed by atoms with Crippen molar-refractivity contribution in [2.24, 2.45) is 0 Å². The van der Waals surface area contributed by atoms with E-state index in [2.05, 4.69) is 0 Å². The summed E-state index contributed by atoms with van der Waals surface area (Å²) in [5.74, 6) is -0.246. The second-order valence-electron chi connectivity index (χ2n) is 5.97. The lowest BCUT2D eigenvalue weighted by atomic mass is 9.97. The van der Waals surface area contributed by atoms with Gasteiger partial charge in [-0.1, -0.05) is 66.7 Å². The number of carbonyl (C=O) groups is 1. The molecular weight excluding hydrogens is 329 g/mol. The summed E-state index contributed by atoms with van der Waals surface area (Å²) in [4.78, 5) is 14.4. The predicted molar refractivity (Wildman–Crippen MR) is 99.4 cm³/mol. The van der Waals surface area contributed by atoms with Crippen LogP contribution in [0.5, 0.6) is 5.75 Å². The molecule has 0 aliphatic rings. The van der Waals surface area contributed by atoms with Crippen molar-refractivity contribution in [3.05, 3.63) is 102 Å². The van der Waals surface area contributed by atoms with Gasteiger partial charge < -0.3 is 9.64 Å². The molecule has 0 bridgehead atoms. The number of benzene rings is 3. The Morgan fingerprint density at radius 1 is 0.923 bits per heavy atom. The zero-order chi connectivity index (χ0) is 18.4. The van der Waals surface area contributed by atoms with Gasteiger partial charge in [-0.2, -0.15) is 0 Å². The van der Waals surface area contributed by atoms with Crippen LogP contribution in [-0.2, 0) is 4.79 Å². The number of rotatable bonds is 6. The molecule has 0 radical (unpaired) electrons. The third-order valence-corrected chi connectivity index (χ3v) is 4.17. The van der Waals surface area contributed by atoms with E-state index < -0.39 is 5.82 Å². The molecule has 0 aliphatic carbocycles. The number of halogens is 1. The van der Waals surface area contributed by atoms with Crippen molar-refractivity contribution in [1.82, 2.24) is 4.90 Å². The van der Waals surface area contributed by atoms with Crippen LogP contribution in [-0.4, -0.2) is 24.5 Å². The van der Waals surface area contributed by atoms with Crippen molar-refractivity contribution in [3.8, 4) is 5.75 Å². The SMILES string of the molecule is CN(C(=O)COc1cccc(F)c1)C(c1ccccc1)c1ccccc1. The highest BCUT2D eigenvalue weighted by Crippen LogP contribution is 2.27. The number of nitrogens with zero attached hydrogens (tertiary/aromatic N) is 1. The van der Waals surface area contributed by atoms with Crippen LogP contribution in [0, 0.1) is 5.82 Å². The molecule has 0 atom stereocenters. The molecule has 0 saturated heterocycles. The van der Waals surface area contributed by atoms with Gasteiger partial charge >= 0.3 is 0 Å². The number of ether oxygens (including phenoxy) is 1. The minimum Gasteiger partial charge on any atom is -0.484 e. The lowest BCUT2D eigenvalue weighted by molar-refractivity contribution is -0.133. The fourth-order valence-electron chi connectivity index (χ4n) is 2.86. The standard InChI is InChI=1S/C22H20FNO2/c1-24(21(25)16-26-20-14-8-13-19(23)15-20)22(17-9-4-2-5-10-17)18-11-6-3-7-12-18/h2-15,22H,16H2,1H3. The monoisotopic (exact) mass is 349 g/mol. The van der Waals surface area contributed by atoms with Gasteiger partial charge in [0.05, 0.1) is 6.04 Å². The van der Waals surface area contributed by atoms with E-state index in [4.69, 9.17) is 4.74 Å². The highest BCUT2D eigenvalue weighted by Gasteiger charge is 2.23. The van der Waals surface area contributed by atoms with Gasteiger partial charge in [-0.3, -0.25) is 4.79 Å². The Morgan fingerprint density at radius 2 is 1.50 bits per heavy atom. The van der Waals surface area contributed by atoms with Crippen LogP contribution in [0.25, 0.3) is 0 Å². The quantitative estimate of drug-likeness (QED) is 0.658. The fourth-order valence-corrected chi connectivity index (χ4v) is 2.86. The molecule has 4 heteroatoms. The van der Waals surface area contributed by atoms with Crippen molar-refractivity contribution < 1.29 is 13.9 Å². The van der Waals surface area contributed by atoms with Crippen LogP contribution < -0.4 is 4.74 Å². The van der Waals surface area contributed by atoms with Crippen molar-refractivity contribution in [2.75, 3.05) is 13.7 Å². The summed E-state index contributed by atoms with van der Waals surface area (Å²) < 4.78 is 18.7. The summed E-state index contributed by atoms with van der Waals surface area (Å²) in [6, 6.07) is 25.2. The minimum absolute atomic E-state index is 0.157. The van der Waals surface area contributed by atoms with Crippen molar-refractivity contribution >= 4 is 5.91 Å². The average Bonchev–Trinajstić information content (AvgIpc) is 2.68. The van der Waals surface area contributed by atoms with E-state index in [0.717, 1.165) is 11.1 Å². The third kappa shape index (κ3) is 4.28. The molecule has 26 heavy (non-hydrogen) atoms. The zero-order valence-corrected chi connectivity index (χ0v) is 14.5. The number of hydrogen-bond donors (Lipinski definition) is 0. The Morgan fingerprint density at radius 3 is 2.04 bits per heavy atom. The second kappa shape index (κ2) is 8.30. The summed E-state index contributed by atoms with van der Waals surface area (Å²) >= 11 is 0. The molecule has 0 aromatic heterocycles. The minimum atomic E-state index is -0.394. The first-order valence-electron chi connectivity index (χ1n) is 8.39. The Hall–Kier alpha value is -3.14. The Kier molecular flexibility index (Phi) is 5.64. The van der Waals surface area contributed by atoms with Crippen molar-refractivity contribution in [3.63, 3.8) is 0 Å². The maximum atomic E-state index is 13.2. The van der Waals surface area contributed by atoms with Crippen LogP contribution in [0.4, 0.5) is 4.39 Å². The Balaban J connectivity index is 1.79. The molecule has 3 aromatic carbocycles. The molecule has 3 rings (SSSR count). The van der Waals surface area contributed by atoms with Crippen LogP contribution in [0.1, 0.15) is 17.2 Å². The van der Waals surface area contributed by atoms with Gasteiger partial charge in [0.25, 0.3) is 5.91 Å². The highest BCUT2D eigenvalue weighted by atomic mass is 19.1. The summed E-state index contributed by atoms with van der Waals surface area (Å²) in [6.07, 6.45) is 0. The molecule has 3 aromatic rings. The van der Waals surface area contributed by atoms with Gasteiger partial charge in [0.15, 0.2) is 6.61 Å². The second-order valence-corrected chi connectivity index (χ2v) is 5.97. The lowest BCUT2D eigenvalue weighted by Crippen LogP contribution is -2.35. The van der Waals surface area contributed by atoms with Crippen LogP contribution >= 0.6 is 0 Å². The summed E-state index contributed by atoms with van der Waals surface area (Å²) in [5.41, 5.74) is 2.03. The lowest BCUT2D eigenvalue weighted by Gasteiger charge is -2.29. The van der Waals surface area contributed by atoms with E-state index in [1.807, 2.05) is 60.7 Å². The van der Waals surface area contributed by atoms with E-state index in [9.17, 15) is 9.18 Å². The molecule has 1 amide bonds. The average molecular weight is 349 g/mol. The molecule has 0 saturated carbocycles. The fraction of sp³-hybridized carbons (Fsp3) is 0.136. The molecule has 3 nitrogen and oxygen atoms in total. The Bertz CT molecular complexity index is 813. The predicted octanol–water partition coefficient (Wildman–Crippen LogP) is 4.45. The van der Waals surface area contributed by atoms with E-state index in [0.29, 0.717) is 5.75 Å². The molecular formula is C22H20FNO2. The van der Waals surface area contributed by atoms with Gasteiger partial charge in [-0.25, -0.2) is 4.39 Å². The highest BCUT2D eigenvalue weighted by molar-refractivity contribution is 5.78. The maximum Gasteiger partial charge on any atom is 0.261 e. The van der Waals surface area contributed by atoms with E-state index in [1.54, 1.807) is 24.1 Å². The van der Waals surface area contributed by atoms with E-state index in [1.165, 1.54) is 12.1 Å². The molecule has 0 aliphatic heterocycles. The van der Waals surface area contributed by atoms with Gasteiger partial charge in [-0.15, -0.1) is 0 Å². The topological polar surface area (TPSA) is 29.5 Å². The van der Waals surface area contributed by atoms with Crippen LogP contribution in [0.15, 0.2) is 84.9 Å². The molecule has 132 valence electrons. The third-order valence-electron chi connectivity index (χ3n) is 4.17. The van der Waals surface area contributed by atoms with Crippen molar-refractivity contribution in [2.45, 2.75) is 6.04 Å². The number of hydrogen-bond acceptors (Lipinski definition) is 2. The first-order chi connectivity index (χ1) is 12.6. The molecule has 0 unspecified atom stereocenters. The van der Waals surface area contributed by atoms with Crippen LogP contribution in [0.3, 0.4) is 0 Å². The summed E-state index contributed by atoms with van der Waals surface area (Å²) in [7, 11) is 1.75. The van der Waals surface area contributed by atoms with Crippen molar-refractivity contribution in [1.29, 1.82) is 0 Å². The maximum absolute atomic E-state index is 13.2. The zero-order valence-electron chi connectivity index (χ0n) is 14.5. The van der Waals surface area contributed by atoms with E-state index in [-0.39, 0.29) is 18.6 Å². The normalized spacial score (nSPS) is 10.6.